The van der Waals surface area contributed by atoms with Crippen LogP contribution in [0.25, 0.3) is 0 Å². The number of hydrogen-bond acceptors (Lipinski definition) is 19. The van der Waals surface area contributed by atoms with Gasteiger partial charge < -0.3 is 98.4 Å². The summed E-state index contributed by atoms with van der Waals surface area (Å²) in [5, 5.41) is 70.1. The fraction of sp³-hybridized carbons (Fsp3) is 0.897. The molecule has 5 rings (SSSR count). The number of aliphatic hydroxyl groups excluding tert-OH is 5. The zero-order chi connectivity index (χ0) is 35.8. The minimum atomic E-state index is -1.70. The molecule has 16 atom stereocenters. The fourth-order valence-corrected chi connectivity index (χ4v) is 6.96. The van der Waals surface area contributed by atoms with Crippen LogP contribution in [0.2, 0.25) is 0 Å². The zero-order valence-corrected chi connectivity index (χ0v) is 27.3. The summed E-state index contributed by atoms with van der Waals surface area (Å²) in [5.74, 6) is -0.160. The van der Waals surface area contributed by atoms with Crippen LogP contribution in [0.4, 0.5) is 0 Å². The maximum atomic E-state index is 13.0. The van der Waals surface area contributed by atoms with Gasteiger partial charge in [-0.15, -0.1) is 0 Å². The van der Waals surface area contributed by atoms with Crippen LogP contribution in [0.3, 0.4) is 0 Å². The van der Waals surface area contributed by atoms with Gasteiger partial charge in [0.05, 0.1) is 31.3 Å². The Morgan fingerprint density at radius 2 is 1.55 bits per heavy atom. The van der Waals surface area contributed by atoms with Crippen molar-refractivity contribution in [3.05, 3.63) is 11.8 Å². The maximum absolute atomic E-state index is 13.0. The molecule has 5 aliphatic rings. The predicted octanol–water partition coefficient (Wildman–Crippen LogP) is -7.44. The van der Waals surface area contributed by atoms with Gasteiger partial charge in [-0.25, -0.2) is 0 Å². The van der Waals surface area contributed by atoms with E-state index in [0.29, 0.717) is 18.7 Å². The smallest absolute Gasteiger partial charge is 0.252 e. The summed E-state index contributed by atoms with van der Waals surface area (Å²) >= 11 is 0. The van der Waals surface area contributed by atoms with E-state index < -0.39 is 116 Å². The lowest BCUT2D eigenvalue weighted by Gasteiger charge is -2.47. The van der Waals surface area contributed by atoms with Crippen LogP contribution >= 0.6 is 0 Å². The summed E-state index contributed by atoms with van der Waals surface area (Å²) in [7, 11) is 1.74. The first-order chi connectivity index (χ1) is 23.2. The summed E-state index contributed by atoms with van der Waals surface area (Å²) < 4.78 is 35.7. The van der Waals surface area contributed by atoms with Gasteiger partial charge in [-0.3, -0.25) is 4.79 Å². The van der Waals surface area contributed by atoms with Crippen molar-refractivity contribution in [2.75, 3.05) is 26.7 Å². The van der Waals surface area contributed by atoms with E-state index in [4.69, 9.17) is 57.1 Å². The molecule has 2 saturated heterocycles. The molecule has 0 aromatic rings. The monoisotopic (exact) mass is 707 g/mol. The molecular formula is C29H53N7O13. The second kappa shape index (κ2) is 15.9. The first-order valence-corrected chi connectivity index (χ1v) is 16.6. The van der Waals surface area contributed by atoms with Crippen LogP contribution in [0, 0.1) is 0 Å². The number of nitrogens with one attached hydrogen (secondary N) is 2. The highest BCUT2D eigenvalue weighted by atomic mass is 16.8. The number of ether oxygens (including phenoxy) is 6. The summed E-state index contributed by atoms with van der Waals surface area (Å²) in [5.41, 5.74) is 28.7. The maximum Gasteiger partial charge on any atom is 0.252 e. The minimum Gasteiger partial charge on any atom is -0.467 e. The van der Waals surface area contributed by atoms with Gasteiger partial charge in [-0.05, 0) is 26.0 Å². The largest absolute Gasteiger partial charge is 0.467 e. The van der Waals surface area contributed by atoms with Gasteiger partial charge in [0.2, 0.25) is 6.29 Å². The molecule has 0 aromatic heterocycles. The van der Waals surface area contributed by atoms with Crippen molar-refractivity contribution in [2.45, 2.75) is 135 Å². The first kappa shape index (κ1) is 38.6. The molecule has 20 nitrogen and oxygen atoms in total. The molecule has 2 saturated carbocycles. The highest BCUT2D eigenvalue weighted by molar-refractivity contribution is 5.86. The van der Waals surface area contributed by atoms with E-state index in [2.05, 4.69) is 10.6 Å². The van der Waals surface area contributed by atoms with Crippen LogP contribution < -0.4 is 39.3 Å². The third kappa shape index (κ3) is 8.05. The molecule has 3 aliphatic heterocycles. The Bertz CT molecular complexity index is 1150. The molecule has 0 unspecified atom stereocenters. The molecule has 4 fully saturated rings. The van der Waals surface area contributed by atoms with Gasteiger partial charge in [-0.2, -0.15) is 0 Å². The lowest BCUT2D eigenvalue weighted by atomic mass is 9.75. The van der Waals surface area contributed by atoms with Gasteiger partial charge in [0.25, 0.3) is 5.91 Å². The van der Waals surface area contributed by atoms with Crippen LogP contribution in [-0.2, 0) is 33.2 Å². The molecule has 0 bridgehead atoms. The Hall–Kier alpha value is -1.67. The number of likely N-dealkylation sites (N-methyl/N-ethyl adjacent to an activating group) is 1. The van der Waals surface area contributed by atoms with E-state index in [1.54, 1.807) is 7.05 Å². The van der Waals surface area contributed by atoms with Gasteiger partial charge >= 0.3 is 0 Å². The average molecular weight is 708 g/mol. The van der Waals surface area contributed by atoms with Crippen molar-refractivity contribution in [2.24, 2.45) is 28.7 Å². The highest BCUT2D eigenvalue weighted by Crippen LogP contribution is 2.36. The van der Waals surface area contributed by atoms with Gasteiger partial charge in [0, 0.05) is 31.5 Å². The summed E-state index contributed by atoms with van der Waals surface area (Å²) in [6.07, 6.45) is -13.8. The van der Waals surface area contributed by atoms with E-state index in [1.807, 2.05) is 6.08 Å². The second-order valence-corrected chi connectivity index (χ2v) is 13.6. The Kier molecular flexibility index (Phi) is 12.5. The standard InChI is InChI=1S/C29H53N7O13/c1-35-8-11-2-3-12(32)25(44-11)47-22-13(33)4-14(36-28(42)29(43)5-10(31)6-29)18(38)24(22)49-27-21(41)23(16(9-37)46-27)48-26-17(34)20(40)19(39)15(7-30)45-26/h2,10,12-27,35,37-41,43H,3-9,30-34H2,1H3,(H,36,42)/t10?,12-,13+,14-,15+,16-,17-,18+,19-,20-,21-,22-,23-,24-,25-,26-,27+,29?/m1/s1. The lowest BCUT2D eigenvalue weighted by Crippen LogP contribution is -2.69. The normalized spacial score (nSPS) is 48.7. The molecular weight excluding hydrogens is 654 g/mol. The first-order valence-electron chi connectivity index (χ1n) is 16.6. The molecule has 1 amide bonds. The summed E-state index contributed by atoms with van der Waals surface area (Å²) in [6.45, 7) is -0.436. The average Bonchev–Trinajstić information content (AvgIpc) is 3.35. The molecule has 282 valence electrons. The van der Waals surface area contributed by atoms with Crippen LogP contribution in [0.1, 0.15) is 25.7 Å². The van der Waals surface area contributed by atoms with E-state index >= 15 is 0 Å². The molecule has 0 aromatic carbocycles. The van der Waals surface area contributed by atoms with Gasteiger partial charge in [-0.1, -0.05) is 0 Å². The molecule has 0 spiro atoms. The van der Waals surface area contributed by atoms with Crippen LogP contribution in [-0.4, -0.2) is 173 Å². The highest BCUT2D eigenvalue weighted by Gasteiger charge is 2.55. The predicted molar refractivity (Wildman–Crippen MR) is 166 cm³/mol. The molecule has 2 aliphatic carbocycles. The Labute approximate surface area is 283 Å². The Morgan fingerprint density at radius 1 is 0.898 bits per heavy atom. The van der Waals surface area contributed by atoms with Gasteiger partial charge in [0.15, 0.2) is 12.6 Å². The number of carbonyl (C=O) groups excluding carboxylic acids is 1. The van der Waals surface area contributed by atoms with Crippen molar-refractivity contribution in [1.82, 2.24) is 10.6 Å². The van der Waals surface area contributed by atoms with Crippen molar-refractivity contribution < 1.29 is 63.9 Å². The van der Waals surface area contributed by atoms with E-state index in [0.717, 1.165) is 0 Å². The van der Waals surface area contributed by atoms with Crippen LogP contribution in [0.15, 0.2) is 11.8 Å². The quantitative estimate of drug-likeness (QED) is 0.0895. The fourth-order valence-electron chi connectivity index (χ4n) is 6.96. The van der Waals surface area contributed by atoms with Crippen molar-refractivity contribution in [1.29, 1.82) is 0 Å². The molecule has 20 heteroatoms. The summed E-state index contributed by atoms with van der Waals surface area (Å²) in [6, 6.07) is -4.16. The topological polar surface area (TPSA) is 348 Å². The third-order valence-electron chi connectivity index (χ3n) is 9.87. The van der Waals surface area contributed by atoms with Crippen LogP contribution in [0.5, 0.6) is 0 Å². The third-order valence-corrected chi connectivity index (χ3v) is 9.87. The number of aliphatic hydroxyl groups is 6. The number of amides is 1. The number of carbonyl (C=O) groups is 1. The Morgan fingerprint density at radius 3 is 2.18 bits per heavy atom. The molecule has 3 heterocycles. The lowest BCUT2D eigenvalue weighted by molar-refractivity contribution is -0.282. The number of hydrogen-bond donors (Lipinski definition) is 13. The van der Waals surface area contributed by atoms with Crippen molar-refractivity contribution in [3.8, 4) is 0 Å². The SMILES string of the molecule is CNCC1=CC[C@@H](N)[C@@H](O[C@H]2[C@H](O[C@@H]3O[C@H](CO)[C@@H](O[C@H]4O[C@@H](CN)[C@@H](O)[C@H](O)[C@H]4N)[C@H]3O)[C@@H](O)[C@H](NC(=O)C3(O)CC(N)C3)C[C@@H]2N)O1. The van der Waals surface area contributed by atoms with E-state index in [1.165, 1.54) is 0 Å². The van der Waals surface area contributed by atoms with E-state index in [9.17, 15) is 35.4 Å². The zero-order valence-electron chi connectivity index (χ0n) is 27.3. The van der Waals surface area contributed by atoms with E-state index in [-0.39, 0.29) is 31.8 Å². The second-order valence-electron chi connectivity index (χ2n) is 13.6. The van der Waals surface area contributed by atoms with Crippen molar-refractivity contribution in [3.63, 3.8) is 0 Å². The molecule has 49 heavy (non-hydrogen) atoms. The Balaban J connectivity index is 1.35. The molecule has 18 N–H and O–H groups in total. The number of rotatable bonds is 12. The molecule has 0 radical (unpaired) electrons. The van der Waals surface area contributed by atoms with Gasteiger partial charge in [0.1, 0.15) is 66.3 Å². The van der Waals surface area contributed by atoms with Crippen molar-refractivity contribution >= 4 is 5.91 Å². The number of nitrogens with two attached hydrogens (primary N) is 5. The summed E-state index contributed by atoms with van der Waals surface area (Å²) in [4.78, 5) is 13.0. The minimum absolute atomic E-state index is 0.00674.